The molecular weight excluding hydrogens is 426 g/mol. The highest BCUT2D eigenvalue weighted by Gasteiger charge is 2.33. The van der Waals surface area contributed by atoms with Crippen molar-refractivity contribution in [3.05, 3.63) is 47.8 Å². The number of carbonyl (C=O) groups excluding carboxylic acids is 1. The third-order valence-corrected chi connectivity index (χ3v) is 5.74. The van der Waals surface area contributed by atoms with Crippen molar-refractivity contribution in [2.75, 3.05) is 41.5 Å². The van der Waals surface area contributed by atoms with Crippen LogP contribution in [0.3, 0.4) is 0 Å². The van der Waals surface area contributed by atoms with Crippen LogP contribution in [0.5, 0.6) is 23.0 Å². The van der Waals surface area contributed by atoms with Crippen LogP contribution in [0.4, 0.5) is 0 Å². The van der Waals surface area contributed by atoms with E-state index < -0.39 is 0 Å². The van der Waals surface area contributed by atoms with Crippen molar-refractivity contribution < 1.29 is 28.3 Å². The Bertz CT molecular complexity index is 1110. The number of likely N-dealkylation sites (tertiary alicyclic amines) is 1. The molecular formula is C24H27N3O6. The fraction of sp³-hybridized carbons (Fsp3) is 0.375. The Labute approximate surface area is 192 Å². The molecule has 1 unspecified atom stereocenters. The number of benzene rings is 2. The van der Waals surface area contributed by atoms with Gasteiger partial charge in [0, 0.05) is 37.1 Å². The first-order valence-electron chi connectivity index (χ1n) is 10.6. The van der Waals surface area contributed by atoms with E-state index in [4.69, 9.17) is 23.5 Å². The third-order valence-electron chi connectivity index (χ3n) is 5.74. The van der Waals surface area contributed by atoms with E-state index in [0.717, 1.165) is 5.56 Å². The van der Waals surface area contributed by atoms with E-state index in [1.807, 2.05) is 23.1 Å². The Morgan fingerprint density at radius 1 is 0.970 bits per heavy atom. The summed E-state index contributed by atoms with van der Waals surface area (Å²) in [7, 11) is 6.38. The Morgan fingerprint density at radius 3 is 2.36 bits per heavy atom. The van der Waals surface area contributed by atoms with Crippen LogP contribution in [0.25, 0.3) is 11.5 Å². The number of rotatable bonds is 9. The summed E-state index contributed by atoms with van der Waals surface area (Å²) in [6, 6.07) is 11.2. The summed E-state index contributed by atoms with van der Waals surface area (Å²) in [5.41, 5.74) is 1.76. The van der Waals surface area contributed by atoms with Gasteiger partial charge in [-0.3, -0.25) is 4.79 Å². The van der Waals surface area contributed by atoms with Gasteiger partial charge in [-0.25, -0.2) is 0 Å². The molecule has 2 aromatic carbocycles. The van der Waals surface area contributed by atoms with E-state index in [9.17, 15) is 4.79 Å². The standard InChI is InChI=1S/C24H27N3O6/c1-29-18-10-16(11-19(13-18)30-2)24-25-23(26-33-24)17-12-22(28)27(14-17)8-7-15-5-6-20(31-3)21(9-15)32-4/h5-6,9-11,13,17H,7-8,12,14H2,1-4H3. The molecule has 1 amide bonds. The molecule has 0 bridgehead atoms. The molecule has 1 fully saturated rings. The summed E-state index contributed by atoms with van der Waals surface area (Å²) in [6.45, 7) is 1.15. The van der Waals surface area contributed by atoms with Gasteiger partial charge in [-0.2, -0.15) is 4.98 Å². The molecule has 0 radical (unpaired) electrons. The normalized spacial score (nSPS) is 15.6. The van der Waals surface area contributed by atoms with Crippen LogP contribution in [0.15, 0.2) is 40.9 Å². The van der Waals surface area contributed by atoms with Crippen LogP contribution < -0.4 is 18.9 Å². The highest BCUT2D eigenvalue weighted by Crippen LogP contribution is 2.32. The number of amides is 1. The van der Waals surface area contributed by atoms with Crippen LogP contribution in [0, 0.1) is 0 Å². The molecule has 4 rings (SSSR count). The maximum Gasteiger partial charge on any atom is 0.258 e. The number of methoxy groups -OCH3 is 4. The maximum atomic E-state index is 12.6. The maximum absolute atomic E-state index is 12.6. The molecule has 1 saturated heterocycles. The predicted molar refractivity (Wildman–Crippen MR) is 120 cm³/mol. The zero-order valence-electron chi connectivity index (χ0n) is 19.2. The molecule has 1 aromatic heterocycles. The third kappa shape index (κ3) is 4.87. The fourth-order valence-electron chi connectivity index (χ4n) is 3.91. The second kappa shape index (κ2) is 9.81. The topological polar surface area (TPSA) is 96.2 Å². The zero-order valence-corrected chi connectivity index (χ0v) is 19.2. The van der Waals surface area contributed by atoms with Crippen molar-refractivity contribution in [3.63, 3.8) is 0 Å². The first kappa shape index (κ1) is 22.4. The van der Waals surface area contributed by atoms with E-state index in [2.05, 4.69) is 10.1 Å². The molecule has 0 spiro atoms. The monoisotopic (exact) mass is 453 g/mol. The number of nitrogens with zero attached hydrogens (tertiary/aromatic N) is 3. The predicted octanol–water partition coefficient (Wildman–Crippen LogP) is 3.33. The Balaban J connectivity index is 1.42. The molecule has 9 nitrogen and oxygen atoms in total. The lowest BCUT2D eigenvalue weighted by molar-refractivity contribution is -0.127. The molecule has 0 N–H and O–H groups in total. The van der Waals surface area contributed by atoms with E-state index >= 15 is 0 Å². The molecule has 0 saturated carbocycles. The van der Waals surface area contributed by atoms with Gasteiger partial charge in [0.25, 0.3) is 5.89 Å². The summed E-state index contributed by atoms with van der Waals surface area (Å²) in [6.07, 6.45) is 1.06. The van der Waals surface area contributed by atoms with Gasteiger partial charge in [-0.05, 0) is 36.2 Å². The lowest BCUT2D eigenvalue weighted by Crippen LogP contribution is -2.27. The summed E-state index contributed by atoms with van der Waals surface area (Å²) in [5.74, 6) is 3.45. The molecule has 1 aliphatic rings. The summed E-state index contributed by atoms with van der Waals surface area (Å²) in [5, 5.41) is 4.14. The van der Waals surface area contributed by atoms with Gasteiger partial charge in [0.15, 0.2) is 17.3 Å². The smallest absolute Gasteiger partial charge is 0.258 e. The summed E-state index contributed by atoms with van der Waals surface area (Å²) < 4.78 is 26.7. The van der Waals surface area contributed by atoms with Crippen LogP contribution >= 0.6 is 0 Å². The molecule has 1 atom stereocenters. The first-order chi connectivity index (χ1) is 16.0. The van der Waals surface area contributed by atoms with Crippen LogP contribution in [0.2, 0.25) is 0 Å². The van der Waals surface area contributed by atoms with Crippen LogP contribution in [-0.4, -0.2) is 62.5 Å². The largest absolute Gasteiger partial charge is 0.497 e. The quantitative estimate of drug-likeness (QED) is 0.487. The van der Waals surface area contributed by atoms with Gasteiger partial charge < -0.3 is 28.4 Å². The zero-order chi connectivity index (χ0) is 23.4. The van der Waals surface area contributed by atoms with Gasteiger partial charge in [-0.15, -0.1) is 0 Å². The Kier molecular flexibility index (Phi) is 6.67. The molecule has 3 aromatic rings. The fourth-order valence-corrected chi connectivity index (χ4v) is 3.91. The highest BCUT2D eigenvalue weighted by molar-refractivity contribution is 5.79. The molecule has 1 aliphatic heterocycles. The van der Waals surface area contributed by atoms with Gasteiger partial charge in [-0.1, -0.05) is 11.2 Å². The first-order valence-corrected chi connectivity index (χ1v) is 10.6. The average molecular weight is 453 g/mol. The van der Waals surface area contributed by atoms with Crippen molar-refractivity contribution in [3.8, 4) is 34.5 Å². The van der Waals surface area contributed by atoms with Gasteiger partial charge >= 0.3 is 0 Å². The van der Waals surface area contributed by atoms with Crippen LogP contribution in [0.1, 0.15) is 23.7 Å². The molecule has 0 aliphatic carbocycles. The number of hydrogen-bond acceptors (Lipinski definition) is 8. The van der Waals surface area contributed by atoms with E-state index in [1.54, 1.807) is 46.6 Å². The van der Waals surface area contributed by atoms with Crippen molar-refractivity contribution in [2.24, 2.45) is 0 Å². The van der Waals surface area contributed by atoms with E-state index in [0.29, 0.717) is 66.2 Å². The molecule has 9 heteroatoms. The number of hydrogen-bond donors (Lipinski definition) is 0. The summed E-state index contributed by atoms with van der Waals surface area (Å²) in [4.78, 5) is 19.0. The van der Waals surface area contributed by atoms with Crippen molar-refractivity contribution >= 4 is 5.91 Å². The lowest BCUT2D eigenvalue weighted by atomic mass is 10.1. The van der Waals surface area contributed by atoms with E-state index in [-0.39, 0.29) is 11.8 Å². The van der Waals surface area contributed by atoms with Crippen molar-refractivity contribution in [1.29, 1.82) is 0 Å². The van der Waals surface area contributed by atoms with E-state index in [1.165, 1.54) is 0 Å². The second-order valence-corrected chi connectivity index (χ2v) is 7.74. The Hall–Kier alpha value is -3.75. The van der Waals surface area contributed by atoms with Crippen molar-refractivity contribution in [2.45, 2.75) is 18.8 Å². The molecule has 174 valence electrons. The summed E-state index contributed by atoms with van der Waals surface area (Å²) >= 11 is 0. The number of carbonyl (C=O) groups is 1. The van der Waals surface area contributed by atoms with Gasteiger partial charge in [0.2, 0.25) is 5.91 Å². The Morgan fingerprint density at radius 2 is 1.70 bits per heavy atom. The number of ether oxygens (including phenoxy) is 4. The minimum Gasteiger partial charge on any atom is -0.497 e. The molecule has 33 heavy (non-hydrogen) atoms. The second-order valence-electron chi connectivity index (χ2n) is 7.74. The SMILES string of the molecule is COc1cc(OC)cc(-c2nc(C3CC(=O)N(CCc4ccc(OC)c(OC)c4)C3)no2)c1. The van der Waals surface area contributed by atoms with Crippen molar-refractivity contribution in [1.82, 2.24) is 15.0 Å². The van der Waals surface area contributed by atoms with Crippen LogP contribution in [-0.2, 0) is 11.2 Å². The minimum absolute atomic E-state index is 0.0786. The number of aromatic nitrogens is 2. The average Bonchev–Trinajstić information content (AvgIpc) is 3.49. The molecule has 2 heterocycles. The lowest BCUT2D eigenvalue weighted by Gasteiger charge is -2.16. The van der Waals surface area contributed by atoms with Gasteiger partial charge in [0.05, 0.1) is 28.4 Å². The van der Waals surface area contributed by atoms with Gasteiger partial charge in [0.1, 0.15) is 11.5 Å². The highest BCUT2D eigenvalue weighted by atomic mass is 16.5. The minimum atomic E-state index is -0.118.